The predicted octanol–water partition coefficient (Wildman–Crippen LogP) is 1.59. The van der Waals surface area contributed by atoms with Crippen LogP contribution in [0.1, 0.15) is 12.0 Å². The van der Waals surface area contributed by atoms with Crippen molar-refractivity contribution < 1.29 is 14.3 Å². The summed E-state index contributed by atoms with van der Waals surface area (Å²) in [5.41, 5.74) is 1.11. The van der Waals surface area contributed by atoms with Gasteiger partial charge in [-0.1, -0.05) is 0 Å². The Balaban J connectivity index is 2.27. The number of fused-ring (bicyclic) bond motifs is 1. The molecule has 0 aliphatic carbocycles. The second-order valence-electron chi connectivity index (χ2n) is 3.30. The van der Waals surface area contributed by atoms with Gasteiger partial charge < -0.3 is 9.47 Å². The van der Waals surface area contributed by atoms with Crippen LogP contribution in [0.4, 0.5) is 0 Å². The predicted molar refractivity (Wildman–Crippen MR) is 51.8 cm³/mol. The number of methoxy groups -OCH3 is 1. The zero-order valence-electron chi connectivity index (χ0n) is 8.03. The summed E-state index contributed by atoms with van der Waals surface area (Å²) in [5.74, 6) is 1.63. The van der Waals surface area contributed by atoms with Gasteiger partial charge >= 0.3 is 0 Å². The van der Waals surface area contributed by atoms with E-state index >= 15 is 0 Å². The molecule has 1 aromatic carbocycles. The molecule has 1 heterocycles. The van der Waals surface area contributed by atoms with Crippen LogP contribution in [-0.2, 0) is 11.2 Å². The Hall–Kier alpha value is -1.51. The average Bonchev–Trinajstić information content (AvgIpc) is 2.27. The zero-order chi connectivity index (χ0) is 9.97. The Morgan fingerprint density at radius 2 is 2.43 bits per heavy atom. The molecule has 2 rings (SSSR count). The maximum atomic E-state index is 10.5. The maximum absolute atomic E-state index is 10.5. The third-order valence-corrected chi connectivity index (χ3v) is 2.40. The summed E-state index contributed by atoms with van der Waals surface area (Å²) >= 11 is 0. The molecule has 0 saturated carbocycles. The monoisotopic (exact) mass is 192 g/mol. The highest BCUT2D eigenvalue weighted by molar-refractivity contribution is 5.58. The molecule has 1 unspecified atom stereocenters. The van der Waals surface area contributed by atoms with E-state index in [2.05, 4.69) is 0 Å². The Bertz CT molecular complexity index is 346. The fourth-order valence-electron chi connectivity index (χ4n) is 1.61. The van der Waals surface area contributed by atoms with Gasteiger partial charge in [0.15, 0.2) is 12.4 Å². The van der Waals surface area contributed by atoms with E-state index in [0.717, 1.165) is 36.2 Å². The highest BCUT2D eigenvalue weighted by atomic mass is 16.5. The molecule has 0 aromatic heterocycles. The van der Waals surface area contributed by atoms with Crippen LogP contribution < -0.4 is 9.47 Å². The van der Waals surface area contributed by atoms with Crippen molar-refractivity contribution >= 4 is 6.29 Å². The Kier molecular flexibility index (Phi) is 2.39. The van der Waals surface area contributed by atoms with Crippen LogP contribution in [-0.4, -0.2) is 19.5 Å². The third-order valence-electron chi connectivity index (χ3n) is 2.40. The van der Waals surface area contributed by atoms with Crippen LogP contribution in [0.15, 0.2) is 18.2 Å². The molecule has 14 heavy (non-hydrogen) atoms. The van der Waals surface area contributed by atoms with Gasteiger partial charge in [0, 0.05) is 0 Å². The second kappa shape index (κ2) is 3.70. The first-order valence-electron chi connectivity index (χ1n) is 4.62. The molecule has 0 saturated heterocycles. The van der Waals surface area contributed by atoms with Gasteiger partial charge in [0.25, 0.3) is 0 Å². The summed E-state index contributed by atoms with van der Waals surface area (Å²) < 4.78 is 10.6. The molecular weight excluding hydrogens is 180 g/mol. The quantitative estimate of drug-likeness (QED) is 0.667. The van der Waals surface area contributed by atoms with E-state index in [1.165, 1.54) is 0 Å². The Morgan fingerprint density at radius 1 is 1.57 bits per heavy atom. The van der Waals surface area contributed by atoms with Crippen molar-refractivity contribution in [3.63, 3.8) is 0 Å². The van der Waals surface area contributed by atoms with Crippen LogP contribution >= 0.6 is 0 Å². The summed E-state index contributed by atoms with van der Waals surface area (Å²) in [6, 6.07) is 5.65. The summed E-state index contributed by atoms with van der Waals surface area (Å²) in [4.78, 5) is 10.5. The average molecular weight is 192 g/mol. The largest absolute Gasteiger partial charge is 0.497 e. The van der Waals surface area contributed by atoms with Gasteiger partial charge in [-0.3, -0.25) is 4.79 Å². The minimum absolute atomic E-state index is 0.282. The lowest BCUT2D eigenvalue weighted by Gasteiger charge is -2.22. The zero-order valence-corrected chi connectivity index (χ0v) is 8.03. The number of carbonyl (C=O) groups excluding carboxylic acids is 1. The first-order valence-corrected chi connectivity index (χ1v) is 4.62. The number of aldehydes is 1. The fourth-order valence-corrected chi connectivity index (χ4v) is 1.61. The molecule has 74 valence electrons. The van der Waals surface area contributed by atoms with Crippen LogP contribution in [0.2, 0.25) is 0 Å². The van der Waals surface area contributed by atoms with Crippen molar-refractivity contribution in [3.8, 4) is 11.5 Å². The molecule has 0 radical (unpaired) electrons. The van der Waals surface area contributed by atoms with Gasteiger partial charge in [-0.15, -0.1) is 0 Å². The van der Waals surface area contributed by atoms with E-state index in [1.54, 1.807) is 7.11 Å². The molecule has 3 nitrogen and oxygen atoms in total. The molecule has 0 amide bonds. The Morgan fingerprint density at radius 3 is 3.14 bits per heavy atom. The molecule has 3 heteroatoms. The van der Waals surface area contributed by atoms with Gasteiger partial charge in [-0.05, 0) is 36.6 Å². The lowest BCUT2D eigenvalue weighted by atomic mass is 10.0. The van der Waals surface area contributed by atoms with E-state index < -0.39 is 0 Å². The van der Waals surface area contributed by atoms with Crippen molar-refractivity contribution in [2.75, 3.05) is 7.11 Å². The Labute approximate surface area is 82.6 Å². The van der Waals surface area contributed by atoms with E-state index in [1.807, 2.05) is 18.2 Å². The second-order valence-corrected chi connectivity index (χ2v) is 3.30. The van der Waals surface area contributed by atoms with Gasteiger partial charge in [0.05, 0.1) is 7.11 Å². The van der Waals surface area contributed by atoms with Crippen molar-refractivity contribution in [2.24, 2.45) is 0 Å². The summed E-state index contributed by atoms with van der Waals surface area (Å²) in [7, 11) is 1.64. The van der Waals surface area contributed by atoms with E-state index in [-0.39, 0.29) is 6.10 Å². The van der Waals surface area contributed by atoms with Gasteiger partial charge in [-0.2, -0.15) is 0 Å². The number of hydrogen-bond donors (Lipinski definition) is 0. The van der Waals surface area contributed by atoms with Crippen molar-refractivity contribution in [3.05, 3.63) is 23.8 Å². The highest BCUT2D eigenvalue weighted by Gasteiger charge is 2.18. The molecule has 1 aliphatic heterocycles. The van der Waals surface area contributed by atoms with Gasteiger partial charge in [0.2, 0.25) is 0 Å². The van der Waals surface area contributed by atoms with Crippen LogP contribution in [0.3, 0.4) is 0 Å². The first kappa shape index (κ1) is 9.06. The molecule has 1 aliphatic rings. The van der Waals surface area contributed by atoms with Crippen LogP contribution in [0.5, 0.6) is 11.5 Å². The van der Waals surface area contributed by atoms with Crippen molar-refractivity contribution in [1.29, 1.82) is 0 Å². The lowest BCUT2D eigenvalue weighted by molar-refractivity contribution is -0.114. The van der Waals surface area contributed by atoms with Crippen molar-refractivity contribution in [1.82, 2.24) is 0 Å². The smallest absolute Gasteiger partial charge is 0.160 e. The van der Waals surface area contributed by atoms with Gasteiger partial charge in [-0.25, -0.2) is 0 Å². The highest BCUT2D eigenvalue weighted by Crippen LogP contribution is 2.30. The summed E-state index contributed by atoms with van der Waals surface area (Å²) in [6.45, 7) is 0. The van der Waals surface area contributed by atoms with Crippen LogP contribution in [0, 0.1) is 0 Å². The van der Waals surface area contributed by atoms with Gasteiger partial charge in [0.1, 0.15) is 11.5 Å². The molecule has 0 N–H and O–H groups in total. The third kappa shape index (κ3) is 1.58. The number of carbonyl (C=O) groups is 1. The van der Waals surface area contributed by atoms with E-state index in [9.17, 15) is 4.79 Å². The number of rotatable bonds is 2. The number of ether oxygens (including phenoxy) is 2. The molecule has 0 fully saturated rings. The summed E-state index contributed by atoms with van der Waals surface area (Å²) in [6.07, 6.45) is 2.20. The molecule has 1 aromatic rings. The van der Waals surface area contributed by atoms with E-state index in [0.29, 0.717) is 0 Å². The normalized spacial score (nSPS) is 19.4. The molecule has 0 bridgehead atoms. The molecular formula is C11H12O3. The maximum Gasteiger partial charge on any atom is 0.160 e. The number of benzene rings is 1. The first-order chi connectivity index (χ1) is 6.83. The minimum atomic E-state index is -0.282. The summed E-state index contributed by atoms with van der Waals surface area (Å²) in [5, 5.41) is 0. The molecule has 0 spiro atoms. The standard InChI is InChI=1S/C11H12O3/c1-13-9-4-5-11-8(6-9)2-3-10(7-12)14-11/h4-7,10H,2-3H2,1H3. The molecule has 1 atom stereocenters. The number of aryl methyl sites for hydroxylation is 1. The lowest BCUT2D eigenvalue weighted by Crippen LogP contribution is -2.23. The topological polar surface area (TPSA) is 35.5 Å². The van der Waals surface area contributed by atoms with E-state index in [4.69, 9.17) is 9.47 Å². The number of hydrogen-bond acceptors (Lipinski definition) is 3. The minimum Gasteiger partial charge on any atom is -0.497 e. The SMILES string of the molecule is COc1ccc2c(c1)CCC(C=O)O2. The van der Waals surface area contributed by atoms with Crippen molar-refractivity contribution in [2.45, 2.75) is 18.9 Å². The fraction of sp³-hybridized carbons (Fsp3) is 0.364. The van der Waals surface area contributed by atoms with Crippen LogP contribution in [0.25, 0.3) is 0 Å².